The lowest BCUT2D eigenvalue weighted by Gasteiger charge is -2.39. The van der Waals surface area contributed by atoms with Crippen LogP contribution in [0, 0.1) is 0 Å². The summed E-state index contributed by atoms with van der Waals surface area (Å²) in [5.41, 5.74) is 2.97. The summed E-state index contributed by atoms with van der Waals surface area (Å²) < 4.78 is 5.18. The molecular formula is C14H29N3O2. The molecule has 5 nitrogen and oxygen atoms in total. The normalized spacial score (nSPS) is 25.1. The standard InChI is InChI=1S/C14H29N3O2/c1-11-7-6-8-12(2)17(11)16-10-9-15-13(18)19-14(3,4)5/h11-12,16H,6-10H2,1-5H3,(H,15,18). The summed E-state index contributed by atoms with van der Waals surface area (Å²) in [7, 11) is 0. The van der Waals surface area contributed by atoms with E-state index in [9.17, 15) is 4.79 Å². The number of hydrogen-bond acceptors (Lipinski definition) is 4. The van der Waals surface area contributed by atoms with Crippen LogP contribution in [-0.2, 0) is 4.74 Å². The SMILES string of the molecule is CC1CCCC(C)N1NCCNC(=O)OC(C)(C)C. The molecule has 1 aliphatic rings. The molecule has 0 aromatic rings. The quantitative estimate of drug-likeness (QED) is 0.770. The smallest absolute Gasteiger partial charge is 0.407 e. The zero-order valence-electron chi connectivity index (χ0n) is 13.0. The maximum Gasteiger partial charge on any atom is 0.407 e. The van der Waals surface area contributed by atoms with Gasteiger partial charge in [0.1, 0.15) is 5.60 Å². The van der Waals surface area contributed by atoms with Crippen molar-refractivity contribution in [3.63, 3.8) is 0 Å². The van der Waals surface area contributed by atoms with Crippen molar-refractivity contribution in [1.82, 2.24) is 15.8 Å². The zero-order chi connectivity index (χ0) is 14.5. The molecule has 0 aromatic heterocycles. The first-order valence-electron chi connectivity index (χ1n) is 7.28. The molecule has 1 fully saturated rings. The van der Waals surface area contributed by atoms with Crippen LogP contribution >= 0.6 is 0 Å². The van der Waals surface area contributed by atoms with E-state index >= 15 is 0 Å². The zero-order valence-corrected chi connectivity index (χ0v) is 13.0. The highest BCUT2D eigenvalue weighted by molar-refractivity contribution is 5.67. The first-order chi connectivity index (χ1) is 8.79. The van der Waals surface area contributed by atoms with Gasteiger partial charge in [0.25, 0.3) is 0 Å². The number of amides is 1. The molecule has 0 aliphatic carbocycles. The molecule has 2 unspecified atom stereocenters. The number of piperidine rings is 1. The van der Waals surface area contributed by atoms with Crippen molar-refractivity contribution in [1.29, 1.82) is 0 Å². The number of carbonyl (C=O) groups is 1. The molecule has 1 aliphatic heterocycles. The van der Waals surface area contributed by atoms with E-state index in [1.54, 1.807) is 0 Å². The summed E-state index contributed by atoms with van der Waals surface area (Å²) >= 11 is 0. The van der Waals surface area contributed by atoms with Crippen molar-refractivity contribution in [2.24, 2.45) is 0 Å². The molecule has 2 atom stereocenters. The van der Waals surface area contributed by atoms with Gasteiger partial charge >= 0.3 is 6.09 Å². The van der Waals surface area contributed by atoms with Gasteiger partial charge in [-0.05, 0) is 47.5 Å². The minimum atomic E-state index is -0.437. The fraction of sp³-hybridized carbons (Fsp3) is 0.929. The second-order valence-corrected chi connectivity index (χ2v) is 6.37. The number of hydrazine groups is 1. The molecule has 0 aromatic carbocycles. The van der Waals surface area contributed by atoms with Crippen LogP contribution in [0.4, 0.5) is 4.79 Å². The number of nitrogens with one attached hydrogen (secondary N) is 2. The highest BCUT2D eigenvalue weighted by Gasteiger charge is 2.24. The van der Waals surface area contributed by atoms with Gasteiger partial charge < -0.3 is 10.1 Å². The first kappa shape index (κ1) is 16.2. The highest BCUT2D eigenvalue weighted by atomic mass is 16.6. The van der Waals surface area contributed by atoms with E-state index in [-0.39, 0.29) is 6.09 Å². The van der Waals surface area contributed by atoms with Gasteiger partial charge in [-0.2, -0.15) is 0 Å². The Labute approximate surface area is 117 Å². The molecule has 0 saturated carbocycles. The number of hydrogen-bond donors (Lipinski definition) is 2. The molecule has 112 valence electrons. The Balaban J connectivity index is 2.18. The predicted octanol–water partition coefficient (Wildman–Crippen LogP) is 2.28. The Bertz CT molecular complexity index is 279. The fourth-order valence-electron chi connectivity index (χ4n) is 2.40. The van der Waals surface area contributed by atoms with Crippen LogP contribution in [0.5, 0.6) is 0 Å². The second kappa shape index (κ2) is 7.10. The average Bonchev–Trinajstić information content (AvgIpc) is 2.25. The van der Waals surface area contributed by atoms with Crippen molar-refractivity contribution < 1.29 is 9.53 Å². The summed E-state index contributed by atoms with van der Waals surface area (Å²) in [6, 6.07) is 1.12. The second-order valence-electron chi connectivity index (χ2n) is 6.37. The summed E-state index contributed by atoms with van der Waals surface area (Å²) in [4.78, 5) is 11.5. The number of alkyl carbamates (subject to hydrolysis) is 1. The molecule has 1 amide bonds. The summed E-state index contributed by atoms with van der Waals surface area (Å²) in [6.07, 6.45) is 3.42. The minimum Gasteiger partial charge on any atom is -0.444 e. The van der Waals surface area contributed by atoms with Crippen molar-refractivity contribution in [2.75, 3.05) is 13.1 Å². The number of carbonyl (C=O) groups excluding carboxylic acids is 1. The third-order valence-corrected chi connectivity index (χ3v) is 3.28. The Morgan fingerprint density at radius 3 is 2.32 bits per heavy atom. The Morgan fingerprint density at radius 1 is 1.21 bits per heavy atom. The van der Waals surface area contributed by atoms with Gasteiger partial charge in [0, 0.05) is 25.2 Å². The summed E-state index contributed by atoms with van der Waals surface area (Å²) in [6.45, 7) is 11.4. The van der Waals surface area contributed by atoms with Gasteiger partial charge in [-0.25, -0.2) is 9.80 Å². The van der Waals surface area contributed by atoms with Crippen LogP contribution in [0.2, 0.25) is 0 Å². The van der Waals surface area contributed by atoms with Gasteiger partial charge in [0.15, 0.2) is 0 Å². The summed E-state index contributed by atoms with van der Waals surface area (Å²) in [5, 5.41) is 5.06. The van der Waals surface area contributed by atoms with E-state index < -0.39 is 5.60 Å². The topological polar surface area (TPSA) is 53.6 Å². The maximum atomic E-state index is 11.5. The van der Waals surface area contributed by atoms with Gasteiger partial charge in [-0.1, -0.05) is 6.42 Å². The molecule has 0 spiro atoms. The first-order valence-corrected chi connectivity index (χ1v) is 7.28. The van der Waals surface area contributed by atoms with Gasteiger partial charge in [-0.3, -0.25) is 5.43 Å². The predicted molar refractivity (Wildman–Crippen MR) is 76.9 cm³/mol. The molecule has 19 heavy (non-hydrogen) atoms. The fourth-order valence-corrected chi connectivity index (χ4v) is 2.40. The average molecular weight is 271 g/mol. The van der Waals surface area contributed by atoms with Gasteiger partial charge in [0.2, 0.25) is 0 Å². The van der Waals surface area contributed by atoms with Crippen LogP contribution in [0.15, 0.2) is 0 Å². The van der Waals surface area contributed by atoms with Crippen LogP contribution in [0.3, 0.4) is 0 Å². The number of nitrogens with zero attached hydrogens (tertiary/aromatic N) is 1. The Kier molecular flexibility index (Phi) is 6.07. The molecule has 1 saturated heterocycles. The van der Waals surface area contributed by atoms with E-state index in [1.807, 2.05) is 20.8 Å². The van der Waals surface area contributed by atoms with E-state index in [2.05, 4.69) is 29.6 Å². The maximum absolute atomic E-state index is 11.5. The third-order valence-electron chi connectivity index (χ3n) is 3.28. The van der Waals surface area contributed by atoms with E-state index in [0.717, 1.165) is 6.54 Å². The third kappa shape index (κ3) is 6.25. The lowest BCUT2D eigenvalue weighted by molar-refractivity contribution is 0.0424. The van der Waals surface area contributed by atoms with Crippen molar-refractivity contribution in [3.05, 3.63) is 0 Å². The van der Waals surface area contributed by atoms with Crippen molar-refractivity contribution in [2.45, 2.75) is 71.6 Å². The van der Waals surface area contributed by atoms with Crippen LogP contribution < -0.4 is 10.7 Å². The number of rotatable bonds is 4. The lowest BCUT2D eigenvalue weighted by Crippen LogP contribution is -2.53. The monoisotopic (exact) mass is 271 g/mol. The Hall–Kier alpha value is -0.810. The van der Waals surface area contributed by atoms with Gasteiger partial charge in [-0.15, -0.1) is 0 Å². The van der Waals surface area contributed by atoms with Gasteiger partial charge in [0.05, 0.1) is 0 Å². The molecule has 0 radical (unpaired) electrons. The van der Waals surface area contributed by atoms with E-state index in [4.69, 9.17) is 4.74 Å². The molecule has 5 heteroatoms. The van der Waals surface area contributed by atoms with Crippen LogP contribution in [0.1, 0.15) is 53.9 Å². The summed E-state index contributed by atoms with van der Waals surface area (Å²) in [5.74, 6) is 0. The van der Waals surface area contributed by atoms with Crippen molar-refractivity contribution in [3.8, 4) is 0 Å². The molecule has 0 bridgehead atoms. The van der Waals surface area contributed by atoms with Crippen LogP contribution in [0.25, 0.3) is 0 Å². The number of ether oxygens (including phenoxy) is 1. The molecule has 2 N–H and O–H groups in total. The van der Waals surface area contributed by atoms with Crippen LogP contribution in [-0.4, -0.2) is 41.9 Å². The minimum absolute atomic E-state index is 0.353. The van der Waals surface area contributed by atoms with E-state index in [0.29, 0.717) is 18.6 Å². The lowest BCUT2D eigenvalue weighted by atomic mass is 10.00. The Morgan fingerprint density at radius 2 is 1.79 bits per heavy atom. The van der Waals surface area contributed by atoms with E-state index in [1.165, 1.54) is 19.3 Å². The molecule has 1 heterocycles. The molecular weight excluding hydrogens is 242 g/mol. The largest absolute Gasteiger partial charge is 0.444 e. The van der Waals surface area contributed by atoms with Crippen molar-refractivity contribution >= 4 is 6.09 Å². The highest BCUT2D eigenvalue weighted by Crippen LogP contribution is 2.19. The molecule has 1 rings (SSSR count).